The predicted octanol–water partition coefficient (Wildman–Crippen LogP) is 2.24. The van der Waals surface area contributed by atoms with Crippen molar-refractivity contribution in [1.29, 1.82) is 0 Å². The van der Waals surface area contributed by atoms with Gasteiger partial charge in [-0.1, -0.05) is 0 Å². The smallest absolute Gasteiger partial charge is 0.270 e. The minimum atomic E-state index is -0.401. The Morgan fingerprint density at radius 3 is 2.67 bits per heavy atom. The number of rotatable bonds is 2. The average molecular weight is 278 g/mol. The first-order valence-electron chi connectivity index (χ1n) is 3.27. The zero-order valence-electron chi connectivity index (χ0n) is 6.37. The van der Waals surface area contributed by atoms with Gasteiger partial charge in [-0.2, -0.15) is 0 Å². The van der Waals surface area contributed by atoms with Crippen LogP contribution in [0.5, 0.6) is 0 Å². The monoisotopic (exact) mass is 278 g/mol. The molecule has 4 nitrogen and oxygen atoms in total. The van der Waals surface area contributed by atoms with Gasteiger partial charge in [0.25, 0.3) is 5.69 Å². The summed E-state index contributed by atoms with van der Waals surface area (Å²) in [4.78, 5) is 9.93. The second-order valence-corrected chi connectivity index (χ2v) is 3.33. The van der Waals surface area contributed by atoms with Gasteiger partial charge in [0.1, 0.15) is 0 Å². The van der Waals surface area contributed by atoms with Crippen molar-refractivity contribution in [1.82, 2.24) is 0 Å². The van der Waals surface area contributed by atoms with Crippen LogP contribution in [0.4, 0.5) is 11.4 Å². The fourth-order valence-corrected chi connectivity index (χ4v) is 1.59. The first kappa shape index (κ1) is 9.24. The molecular formula is C7H7IN2O2. The van der Waals surface area contributed by atoms with Crippen LogP contribution in [0.3, 0.4) is 0 Å². The van der Waals surface area contributed by atoms with Crippen molar-refractivity contribution in [3.05, 3.63) is 31.9 Å². The number of nitrogens with zero attached hydrogens (tertiary/aromatic N) is 1. The van der Waals surface area contributed by atoms with Gasteiger partial charge in [-0.15, -0.1) is 0 Å². The third-order valence-electron chi connectivity index (χ3n) is 1.43. The zero-order valence-corrected chi connectivity index (χ0v) is 8.53. The number of non-ortho nitro benzene ring substituents is 1. The van der Waals surface area contributed by atoms with Crippen molar-refractivity contribution in [2.45, 2.75) is 0 Å². The van der Waals surface area contributed by atoms with Crippen LogP contribution in [0.1, 0.15) is 0 Å². The molecule has 0 aliphatic rings. The van der Waals surface area contributed by atoms with Gasteiger partial charge in [-0.05, 0) is 28.7 Å². The quantitative estimate of drug-likeness (QED) is 0.512. The summed E-state index contributed by atoms with van der Waals surface area (Å²) in [5.41, 5.74) is 1.03. The lowest BCUT2D eigenvalue weighted by Crippen LogP contribution is -1.93. The third kappa shape index (κ3) is 1.84. The summed E-state index contributed by atoms with van der Waals surface area (Å²) in [6, 6.07) is 4.71. The van der Waals surface area contributed by atoms with E-state index in [4.69, 9.17) is 0 Å². The molecule has 0 atom stereocenters. The fourth-order valence-electron chi connectivity index (χ4n) is 0.820. The number of anilines is 1. The Morgan fingerprint density at radius 1 is 1.58 bits per heavy atom. The van der Waals surface area contributed by atoms with Gasteiger partial charge in [-0.25, -0.2) is 0 Å². The summed E-state index contributed by atoms with van der Waals surface area (Å²) >= 11 is 2.05. The first-order valence-corrected chi connectivity index (χ1v) is 4.34. The molecule has 0 aromatic heterocycles. The average Bonchev–Trinajstić information content (AvgIpc) is 2.04. The van der Waals surface area contributed by atoms with Gasteiger partial charge in [0.2, 0.25) is 0 Å². The molecule has 0 saturated heterocycles. The van der Waals surface area contributed by atoms with Gasteiger partial charge in [0.15, 0.2) is 0 Å². The van der Waals surface area contributed by atoms with E-state index in [2.05, 4.69) is 27.9 Å². The van der Waals surface area contributed by atoms with Gasteiger partial charge in [-0.3, -0.25) is 10.1 Å². The largest absolute Gasteiger partial charge is 0.387 e. The Kier molecular flexibility index (Phi) is 2.85. The lowest BCUT2D eigenvalue weighted by Gasteiger charge is -2.01. The molecule has 0 amide bonds. The van der Waals surface area contributed by atoms with Crippen molar-refractivity contribution in [3.63, 3.8) is 0 Å². The Hall–Kier alpha value is -0.850. The number of nitro benzene ring substituents is 1. The summed E-state index contributed by atoms with van der Waals surface area (Å²) < 4.78 is 0.851. The van der Waals surface area contributed by atoms with Crippen LogP contribution < -0.4 is 5.32 Å². The van der Waals surface area contributed by atoms with E-state index in [1.165, 1.54) is 12.1 Å². The maximum absolute atomic E-state index is 10.3. The highest BCUT2D eigenvalue weighted by Gasteiger charge is 2.07. The maximum Gasteiger partial charge on any atom is 0.270 e. The Morgan fingerprint density at radius 2 is 2.25 bits per heavy atom. The van der Waals surface area contributed by atoms with Crippen molar-refractivity contribution in [2.75, 3.05) is 12.4 Å². The molecule has 1 rings (SSSR count). The summed E-state index contributed by atoms with van der Waals surface area (Å²) in [6.07, 6.45) is 0. The molecule has 0 aliphatic carbocycles. The van der Waals surface area contributed by atoms with E-state index in [9.17, 15) is 10.1 Å². The minimum absolute atomic E-state index is 0.124. The van der Waals surface area contributed by atoms with E-state index in [0.717, 1.165) is 9.26 Å². The molecule has 0 unspecified atom stereocenters. The molecule has 5 heteroatoms. The summed E-state index contributed by atoms with van der Waals surface area (Å²) in [7, 11) is 1.78. The standard InChI is InChI=1S/C7H7IN2O2/c1-9-7-3-2-5(10(11)12)4-6(7)8/h2-4,9H,1H3. The fraction of sp³-hybridized carbons (Fsp3) is 0.143. The molecular weight excluding hydrogens is 271 g/mol. The van der Waals surface area contributed by atoms with Crippen LogP contribution in [-0.2, 0) is 0 Å². The van der Waals surface area contributed by atoms with Crippen LogP contribution in [0.2, 0.25) is 0 Å². The van der Waals surface area contributed by atoms with E-state index in [0.29, 0.717) is 0 Å². The predicted molar refractivity (Wildman–Crippen MR) is 55.4 cm³/mol. The van der Waals surface area contributed by atoms with E-state index in [-0.39, 0.29) is 5.69 Å². The number of nitro groups is 1. The van der Waals surface area contributed by atoms with E-state index in [1.807, 2.05) is 0 Å². The summed E-state index contributed by atoms with van der Waals surface area (Å²) in [6.45, 7) is 0. The topological polar surface area (TPSA) is 55.2 Å². The second-order valence-electron chi connectivity index (χ2n) is 2.17. The Labute approximate surface area is 83.3 Å². The van der Waals surface area contributed by atoms with Crippen LogP contribution in [-0.4, -0.2) is 12.0 Å². The van der Waals surface area contributed by atoms with E-state index >= 15 is 0 Å². The third-order valence-corrected chi connectivity index (χ3v) is 2.33. The molecule has 0 fully saturated rings. The van der Waals surface area contributed by atoms with Crippen LogP contribution >= 0.6 is 22.6 Å². The molecule has 1 N–H and O–H groups in total. The molecule has 0 heterocycles. The minimum Gasteiger partial charge on any atom is -0.387 e. The highest BCUT2D eigenvalue weighted by Crippen LogP contribution is 2.22. The highest BCUT2D eigenvalue weighted by molar-refractivity contribution is 14.1. The molecule has 0 saturated carbocycles. The van der Waals surface area contributed by atoms with Crippen LogP contribution in [0, 0.1) is 13.7 Å². The normalized spacial score (nSPS) is 9.50. The van der Waals surface area contributed by atoms with Gasteiger partial charge in [0.05, 0.1) is 4.92 Å². The van der Waals surface area contributed by atoms with Crippen LogP contribution in [0.25, 0.3) is 0 Å². The number of hydrogen-bond donors (Lipinski definition) is 1. The molecule has 64 valence electrons. The lowest BCUT2D eigenvalue weighted by molar-refractivity contribution is -0.384. The Bertz CT molecular complexity index is 314. The highest BCUT2D eigenvalue weighted by atomic mass is 127. The summed E-state index contributed by atoms with van der Waals surface area (Å²) in [5.74, 6) is 0. The maximum atomic E-state index is 10.3. The molecule has 0 radical (unpaired) electrons. The van der Waals surface area contributed by atoms with Crippen molar-refractivity contribution in [2.24, 2.45) is 0 Å². The Balaban J connectivity index is 3.10. The van der Waals surface area contributed by atoms with Crippen molar-refractivity contribution >= 4 is 34.0 Å². The zero-order chi connectivity index (χ0) is 9.14. The number of hydrogen-bond acceptors (Lipinski definition) is 3. The van der Waals surface area contributed by atoms with E-state index < -0.39 is 4.92 Å². The van der Waals surface area contributed by atoms with Gasteiger partial charge < -0.3 is 5.32 Å². The van der Waals surface area contributed by atoms with Crippen LogP contribution in [0.15, 0.2) is 18.2 Å². The molecule has 0 aliphatic heterocycles. The number of nitrogens with one attached hydrogen (secondary N) is 1. The second kappa shape index (κ2) is 3.70. The number of benzene rings is 1. The van der Waals surface area contributed by atoms with Crippen molar-refractivity contribution < 1.29 is 4.92 Å². The molecule has 1 aromatic rings. The van der Waals surface area contributed by atoms with E-state index in [1.54, 1.807) is 13.1 Å². The lowest BCUT2D eigenvalue weighted by atomic mass is 10.3. The molecule has 1 aromatic carbocycles. The summed E-state index contributed by atoms with van der Waals surface area (Å²) in [5, 5.41) is 13.3. The van der Waals surface area contributed by atoms with Gasteiger partial charge >= 0.3 is 0 Å². The SMILES string of the molecule is CNc1ccc([N+](=O)[O-])cc1I. The first-order chi connectivity index (χ1) is 5.65. The van der Waals surface area contributed by atoms with Gasteiger partial charge in [0, 0.05) is 28.4 Å². The molecule has 0 spiro atoms. The molecule has 12 heavy (non-hydrogen) atoms. The van der Waals surface area contributed by atoms with Crippen molar-refractivity contribution in [3.8, 4) is 0 Å². The number of halogens is 1. The molecule has 0 bridgehead atoms.